The number of piperidine rings is 2. The third-order valence-corrected chi connectivity index (χ3v) is 5.25. The Hall–Kier alpha value is -0.610. The zero-order valence-corrected chi connectivity index (χ0v) is 12.6. The molecule has 20 heavy (non-hydrogen) atoms. The van der Waals surface area contributed by atoms with Gasteiger partial charge in [0.05, 0.1) is 0 Å². The van der Waals surface area contributed by atoms with E-state index in [0.717, 1.165) is 44.9 Å². The second kappa shape index (κ2) is 6.90. The largest absolute Gasteiger partial charge is 0.342 e. The lowest BCUT2D eigenvalue weighted by Gasteiger charge is -2.29. The highest BCUT2D eigenvalue weighted by Gasteiger charge is 2.32. The molecule has 1 amide bonds. The van der Waals surface area contributed by atoms with E-state index in [4.69, 9.17) is 0 Å². The van der Waals surface area contributed by atoms with Gasteiger partial charge in [-0.1, -0.05) is 6.42 Å². The first-order valence-corrected chi connectivity index (χ1v) is 8.55. The molecular weight excluding hydrogens is 250 g/mol. The summed E-state index contributed by atoms with van der Waals surface area (Å²) in [4.78, 5) is 17.3. The van der Waals surface area contributed by atoms with Crippen LogP contribution >= 0.6 is 0 Å². The van der Waals surface area contributed by atoms with Gasteiger partial charge in [0.25, 0.3) is 0 Å². The molecule has 0 radical (unpaired) electrons. The molecule has 3 saturated heterocycles. The van der Waals surface area contributed by atoms with Gasteiger partial charge in [0.15, 0.2) is 0 Å². The van der Waals surface area contributed by atoms with Gasteiger partial charge in [-0.3, -0.25) is 4.79 Å². The number of likely N-dealkylation sites (tertiary alicyclic amines) is 2. The van der Waals surface area contributed by atoms with Crippen molar-refractivity contribution in [3.63, 3.8) is 0 Å². The Morgan fingerprint density at radius 1 is 1.00 bits per heavy atom. The first-order valence-electron chi connectivity index (χ1n) is 8.55. The van der Waals surface area contributed by atoms with Crippen molar-refractivity contribution in [3.8, 4) is 0 Å². The van der Waals surface area contributed by atoms with Crippen molar-refractivity contribution in [2.75, 3.05) is 45.8 Å². The van der Waals surface area contributed by atoms with Crippen LogP contribution in [-0.2, 0) is 4.79 Å². The first kappa shape index (κ1) is 14.3. The van der Waals surface area contributed by atoms with Crippen LogP contribution in [0.1, 0.15) is 38.5 Å². The highest BCUT2D eigenvalue weighted by Crippen LogP contribution is 2.23. The molecule has 3 aliphatic heterocycles. The summed E-state index contributed by atoms with van der Waals surface area (Å²) in [5.74, 6) is 1.45. The van der Waals surface area contributed by atoms with Crippen molar-refractivity contribution >= 4 is 5.91 Å². The number of carbonyl (C=O) groups is 1. The van der Waals surface area contributed by atoms with Crippen LogP contribution < -0.4 is 5.32 Å². The molecule has 4 heteroatoms. The molecule has 1 atom stereocenters. The Morgan fingerprint density at radius 2 is 1.75 bits per heavy atom. The van der Waals surface area contributed by atoms with Gasteiger partial charge in [0.2, 0.25) is 5.91 Å². The van der Waals surface area contributed by atoms with Gasteiger partial charge < -0.3 is 15.1 Å². The number of carbonyl (C=O) groups excluding carboxylic acids is 1. The molecule has 114 valence electrons. The van der Waals surface area contributed by atoms with Crippen LogP contribution in [0.3, 0.4) is 0 Å². The Balaban J connectivity index is 1.44. The lowest BCUT2D eigenvalue weighted by Crippen LogP contribution is -2.41. The maximum absolute atomic E-state index is 12.5. The fourth-order valence-corrected chi connectivity index (χ4v) is 4.02. The molecule has 0 aromatic heterocycles. The van der Waals surface area contributed by atoms with Gasteiger partial charge in [-0.25, -0.2) is 0 Å². The zero-order chi connectivity index (χ0) is 13.8. The molecule has 3 aliphatic rings. The van der Waals surface area contributed by atoms with E-state index in [2.05, 4.69) is 15.1 Å². The number of nitrogens with one attached hydrogen (secondary N) is 1. The van der Waals surface area contributed by atoms with Crippen LogP contribution in [0.15, 0.2) is 0 Å². The molecule has 0 aromatic rings. The Bertz CT molecular complexity index is 322. The predicted molar refractivity (Wildman–Crippen MR) is 80.6 cm³/mol. The molecule has 0 spiro atoms. The fourth-order valence-electron chi connectivity index (χ4n) is 4.02. The highest BCUT2D eigenvalue weighted by molar-refractivity contribution is 5.79. The maximum atomic E-state index is 12.5. The summed E-state index contributed by atoms with van der Waals surface area (Å²) in [7, 11) is 0. The minimum atomic E-state index is 0.296. The van der Waals surface area contributed by atoms with Gasteiger partial charge in [-0.15, -0.1) is 0 Å². The predicted octanol–water partition coefficient (Wildman–Crippen LogP) is 1.32. The van der Waals surface area contributed by atoms with Crippen LogP contribution in [0.4, 0.5) is 0 Å². The van der Waals surface area contributed by atoms with Gasteiger partial charge in [0.1, 0.15) is 0 Å². The van der Waals surface area contributed by atoms with E-state index in [1.54, 1.807) is 0 Å². The van der Waals surface area contributed by atoms with E-state index < -0.39 is 0 Å². The minimum Gasteiger partial charge on any atom is -0.342 e. The molecule has 1 N–H and O–H groups in total. The molecule has 1 unspecified atom stereocenters. The molecule has 3 fully saturated rings. The number of nitrogens with zero attached hydrogens (tertiary/aromatic N) is 2. The number of rotatable bonds is 3. The minimum absolute atomic E-state index is 0.296. The van der Waals surface area contributed by atoms with E-state index >= 15 is 0 Å². The standard InChI is InChI=1S/C16H29N3O/c20-16(15-4-7-17-8-5-15)19-11-6-14(13-19)12-18-9-2-1-3-10-18/h14-15,17H,1-13H2. The van der Waals surface area contributed by atoms with E-state index in [9.17, 15) is 4.79 Å². The Morgan fingerprint density at radius 3 is 2.50 bits per heavy atom. The second-order valence-electron chi connectivity index (χ2n) is 6.82. The molecule has 0 saturated carbocycles. The molecule has 0 aromatic carbocycles. The molecule has 0 aliphatic carbocycles. The molecule has 3 rings (SSSR count). The third kappa shape index (κ3) is 3.53. The van der Waals surface area contributed by atoms with Crippen molar-refractivity contribution in [2.45, 2.75) is 38.5 Å². The second-order valence-corrected chi connectivity index (χ2v) is 6.82. The van der Waals surface area contributed by atoms with Gasteiger partial charge in [-0.05, 0) is 64.2 Å². The van der Waals surface area contributed by atoms with Crippen molar-refractivity contribution in [1.29, 1.82) is 0 Å². The SMILES string of the molecule is O=C(C1CCNCC1)N1CCC(CN2CCCCC2)C1. The summed E-state index contributed by atoms with van der Waals surface area (Å²) in [6.07, 6.45) is 7.42. The molecule has 3 heterocycles. The summed E-state index contributed by atoms with van der Waals surface area (Å²) >= 11 is 0. The van der Waals surface area contributed by atoms with Crippen LogP contribution in [0.25, 0.3) is 0 Å². The summed E-state index contributed by atoms with van der Waals surface area (Å²) in [5, 5.41) is 3.35. The van der Waals surface area contributed by atoms with Crippen LogP contribution in [0.2, 0.25) is 0 Å². The summed E-state index contributed by atoms with van der Waals surface area (Å²) < 4.78 is 0. The lowest BCUT2D eigenvalue weighted by atomic mass is 9.96. The third-order valence-electron chi connectivity index (χ3n) is 5.25. The van der Waals surface area contributed by atoms with Crippen molar-refractivity contribution in [3.05, 3.63) is 0 Å². The molecule has 0 bridgehead atoms. The molecular formula is C16H29N3O. The molecule has 4 nitrogen and oxygen atoms in total. The fraction of sp³-hybridized carbons (Fsp3) is 0.938. The smallest absolute Gasteiger partial charge is 0.225 e. The van der Waals surface area contributed by atoms with Gasteiger partial charge in [-0.2, -0.15) is 0 Å². The average Bonchev–Trinajstić information content (AvgIpc) is 2.97. The zero-order valence-electron chi connectivity index (χ0n) is 12.6. The van der Waals surface area contributed by atoms with Gasteiger partial charge >= 0.3 is 0 Å². The lowest BCUT2D eigenvalue weighted by molar-refractivity contribution is -0.135. The number of hydrogen-bond donors (Lipinski definition) is 1. The highest BCUT2D eigenvalue weighted by atomic mass is 16.2. The Labute approximate surface area is 122 Å². The maximum Gasteiger partial charge on any atom is 0.225 e. The van der Waals surface area contributed by atoms with Crippen LogP contribution in [0.5, 0.6) is 0 Å². The van der Waals surface area contributed by atoms with Gasteiger partial charge in [0, 0.05) is 25.6 Å². The van der Waals surface area contributed by atoms with Crippen molar-refractivity contribution in [2.24, 2.45) is 11.8 Å². The van der Waals surface area contributed by atoms with Crippen molar-refractivity contribution in [1.82, 2.24) is 15.1 Å². The monoisotopic (exact) mass is 279 g/mol. The van der Waals surface area contributed by atoms with Crippen LogP contribution in [0, 0.1) is 11.8 Å². The summed E-state index contributed by atoms with van der Waals surface area (Å²) in [6.45, 7) is 7.82. The first-order chi connectivity index (χ1) is 9.83. The summed E-state index contributed by atoms with van der Waals surface area (Å²) in [6, 6.07) is 0. The number of amides is 1. The van der Waals surface area contributed by atoms with E-state index in [-0.39, 0.29) is 0 Å². The average molecular weight is 279 g/mol. The van der Waals surface area contributed by atoms with E-state index in [1.807, 2.05) is 0 Å². The quantitative estimate of drug-likeness (QED) is 0.846. The summed E-state index contributed by atoms with van der Waals surface area (Å²) in [5.41, 5.74) is 0. The van der Waals surface area contributed by atoms with Crippen LogP contribution in [-0.4, -0.2) is 61.5 Å². The number of hydrogen-bond acceptors (Lipinski definition) is 3. The Kier molecular flexibility index (Phi) is 4.94. The van der Waals surface area contributed by atoms with Crippen molar-refractivity contribution < 1.29 is 4.79 Å². The topological polar surface area (TPSA) is 35.6 Å². The van der Waals surface area contributed by atoms with E-state index in [0.29, 0.717) is 11.8 Å². The van der Waals surface area contributed by atoms with E-state index in [1.165, 1.54) is 45.3 Å². The normalized spacial score (nSPS) is 29.8.